The highest BCUT2D eigenvalue weighted by atomic mass is 32.2. The molecule has 0 saturated carbocycles. The molecular formula is C17H23N3O4S. The van der Waals surface area contributed by atoms with Gasteiger partial charge in [0.15, 0.2) is 9.84 Å². The lowest BCUT2D eigenvalue weighted by Gasteiger charge is -2.39. The fourth-order valence-corrected chi connectivity index (χ4v) is 5.18. The monoisotopic (exact) mass is 365 g/mol. The number of sulfone groups is 1. The Morgan fingerprint density at radius 3 is 2.64 bits per heavy atom. The van der Waals surface area contributed by atoms with Crippen molar-refractivity contribution in [1.29, 1.82) is 0 Å². The summed E-state index contributed by atoms with van der Waals surface area (Å²) < 4.78 is 31.3. The Morgan fingerprint density at radius 2 is 2.04 bits per heavy atom. The molecule has 2 aromatic rings. The normalized spacial score (nSPS) is 15.6. The minimum absolute atomic E-state index is 0.0938. The summed E-state index contributed by atoms with van der Waals surface area (Å²) in [5.41, 5.74) is 1.18. The summed E-state index contributed by atoms with van der Waals surface area (Å²) in [5, 5.41) is 4.73. The van der Waals surface area contributed by atoms with Gasteiger partial charge in [-0.3, -0.25) is 4.79 Å². The SMILES string of the molecule is COc1c2ccc(C(=O)N3CC(S(=O)(=O)CC(C)C)C3)cc2nn1C. The van der Waals surface area contributed by atoms with Crippen LogP contribution in [0.2, 0.25) is 0 Å². The Hall–Kier alpha value is -2.09. The average Bonchev–Trinajstić information content (AvgIpc) is 2.77. The fourth-order valence-electron chi connectivity index (χ4n) is 3.17. The number of hydrogen-bond acceptors (Lipinski definition) is 5. The lowest BCUT2D eigenvalue weighted by Crippen LogP contribution is -2.57. The van der Waals surface area contributed by atoms with Gasteiger partial charge in [0.05, 0.1) is 29.0 Å². The van der Waals surface area contributed by atoms with Crippen LogP contribution in [-0.2, 0) is 16.9 Å². The van der Waals surface area contributed by atoms with Crippen molar-refractivity contribution < 1.29 is 17.9 Å². The maximum Gasteiger partial charge on any atom is 0.254 e. The molecule has 3 rings (SSSR count). The third-order valence-electron chi connectivity index (χ3n) is 4.43. The van der Waals surface area contributed by atoms with E-state index in [1.165, 1.54) is 0 Å². The standard InChI is InChI=1S/C17H23N3O4S/c1-11(2)10-25(22,23)13-8-20(9-13)16(21)12-5-6-14-15(7-12)18-19(3)17(14)24-4/h5-7,11,13H,8-10H2,1-4H3. The molecule has 1 amide bonds. The van der Waals surface area contributed by atoms with Crippen LogP contribution in [0.3, 0.4) is 0 Å². The van der Waals surface area contributed by atoms with Crippen molar-refractivity contribution in [3.05, 3.63) is 23.8 Å². The summed E-state index contributed by atoms with van der Waals surface area (Å²) in [5.74, 6) is 0.732. The molecule has 2 heterocycles. The lowest BCUT2D eigenvalue weighted by atomic mass is 10.1. The van der Waals surface area contributed by atoms with Crippen LogP contribution in [0.5, 0.6) is 5.88 Å². The first-order valence-corrected chi connectivity index (χ1v) is 9.96. The number of aryl methyl sites for hydroxylation is 1. The lowest BCUT2D eigenvalue weighted by molar-refractivity contribution is 0.0659. The molecule has 136 valence electrons. The number of aromatic nitrogens is 2. The number of nitrogens with zero attached hydrogens (tertiary/aromatic N) is 3. The van der Waals surface area contributed by atoms with Crippen molar-refractivity contribution in [3.8, 4) is 5.88 Å². The molecule has 0 atom stereocenters. The first-order chi connectivity index (χ1) is 11.7. The van der Waals surface area contributed by atoms with E-state index in [0.29, 0.717) is 17.0 Å². The molecule has 0 aliphatic carbocycles. The molecule has 25 heavy (non-hydrogen) atoms. The zero-order chi connectivity index (χ0) is 18.4. The molecule has 0 N–H and O–H groups in total. The molecule has 1 fully saturated rings. The quantitative estimate of drug-likeness (QED) is 0.802. The summed E-state index contributed by atoms with van der Waals surface area (Å²) >= 11 is 0. The summed E-state index contributed by atoms with van der Waals surface area (Å²) in [4.78, 5) is 14.2. The van der Waals surface area contributed by atoms with Gasteiger partial charge < -0.3 is 9.64 Å². The van der Waals surface area contributed by atoms with Gasteiger partial charge in [-0.25, -0.2) is 13.1 Å². The molecule has 0 radical (unpaired) electrons. The maximum absolute atomic E-state index is 12.6. The van der Waals surface area contributed by atoms with Gasteiger partial charge in [-0.15, -0.1) is 0 Å². The van der Waals surface area contributed by atoms with E-state index in [1.54, 1.807) is 41.9 Å². The van der Waals surface area contributed by atoms with Gasteiger partial charge in [-0.1, -0.05) is 13.8 Å². The number of likely N-dealkylation sites (tertiary alicyclic amines) is 1. The number of ether oxygens (including phenoxy) is 1. The molecule has 0 spiro atoms. The van der Waals surface area contributed by atoms with E-state index >= 15 is 0 Å². The van der Waals surface area contributed by atoms with Crippen LogP contribution in [0.25, 0.3) is 10.9 Å². The van der Waals surface area contributed by atoms with E-state index in [-0.39, 0.29) is 30.7 Å². The number of hydrogen-bond donors (Lipinski definition) is 0. The van der Waals surface area contributed by atoms with Crippen LogP contribution >= 0.6 is 0 Å². The molecule has 8 heteroatoms. The number of carbonyl (C=O) groups is 1. The van der Waals surface area contributed by atoms with Crippen LogP contribution in [0.4, 0.5) is 0 Å². The molecule has 0 unspecified atom stereocenters. The number of amides is 1. The van der Waals surface area contributed by atoms with Crippen LogP contribution in [0.1, 0.15) is 24.2 Å². The molecular weight excluding hydrogens is 342 g/mol. The second kappa shape index (κ2) is 6.33. The van der Waals surface area contributed by atoms with Crippen molar-refractivity contribution in [1.82, 2.24) is 14.7 Å². The zero-order valence-corrected chi connectivity index (χ0v) is 15.7. The van der Waals surface area contributed by atoms with Crippen molar-refractivity contribution in [2.75, 3.05) is 26.0 Å². The second-order valence-electron chi connectivity index (χ2n) is 6.92. The third-order valence-corrected chi connectivity index (χ3v) is 6.87. The van der Waals surface area contributed by atoms with E-state index in [1.807, 2.05) is 13.8 Å². The Labute approximate surface area is 147 Å². The third kappa shape index (κ3) is 3.22. The Balaban J connectivity index is 1.74. The first-order valence-electron chi connectivity index (χ1n) is 8.24. The van der Waals surface area contributed by atoms with Crippen molar-refractivity contribution in [2.45, 2.75) is 19.1 Å². The topological polar surface area (TPSA) is 81.5 Å². The average molecular weight is 365 g/mol. The van der Waals surface area contributed by atoms with E-state index in [0.717, 1.165) is 5.39 Å². The van der Waals surface area contributed by atoms with Crippen LogP contribution < -0.4 is 4.74 Å². The maximum atomic E-state index is 12.6. The summed E-state index contributed by atoms with van der Waals surface area (Å²) in [6, 6.07) is 5.25. The molecule has 1 aliphatic rings. The summed E-state index contributed by atoms with van der Waals surface area (Å²) in [7, 11) is 0.217. The second-order valence-corrected chi connectivity index (χ2v) is 9.25. The molecule has 1 aromatic heterocycles. The molecule has 0 bridgehead atoms. The van der Waals surface area contributed by atoms with Crippen LogP contribution in [0.15, 0.2) is 18.2 Å². The number of benzene rings is 1. The Morgan fingerprint density at radius 1 is 1.36 bits per heavy atom. The highest BCUT2D eigenvalue weighted by Gasteiger charge is 2.40. The highest BCUT2D eigenvalue weighted by molar-refractivity contribution is 7.92. The fraction of sp³-hybridized carbons (Fsp3) is 0.529. The van der Waals surface area contributed by atoms with Gasteiger partial charge >= 0.3 is 0 Å². The van der Waals surface area contributed by atoms with Gasteiger partial charge in [0.1, 0.15) is 0 Å². The number of fused-ring (bicyclic) bond motifs is 1. The van der Waals surface area contributed by atoms with E-state index < -0.39 is 15.1 Å². The summed E-state index contributed by atoms with van der Waals surface area (Å²) in [6.07, 6.45) is 0. The predicted octanol–water partition coefficient (Wildman–Crippen LogP) is 1.48. The van der Waals surface area contributed by atoms with Crippen LogP contribution in [-0.4, -0.2) is 60.2 Å². The molecule has 7 nitrogen and oxygen atoms in total. The van der Waals surface area contributed by atoms with Gasteiger partial charge in [0.2, 0.25) is 5.88 Å². The van der Waals surface area contributed by atoms with Gasteiger partial charge in [-0.2, -0.15) is 5.10 Å². The number of rotatable bonds is 5. The Bertz CT molecular complexity index is 911. The minimum Gasteiger partial charge on any atom is -0.481 e. The van der Waals surface area contributed by atoms with E-state index in [2.05, 4.69) is 5.10 Å². The molecule has 1 aromatic carbocycles. The minimum atomic E-state index is -3.14. The zero-order valence-electron chi connectivity index (χ0n) is 14.9. The van der Waals surface area contributed by atoms with Gasteiger partial charge in [0.25, 0.3) is 5.91 Å². The smallest absolute Gasteiger partial charge is 0.254 e. The number of carbonyl (C=O) groups excluding carboxylic acids is 1. The van der Waals surface area contributed by atoms with E-state index in [9.17, 15) is 13.2 Å². The van der Waals surface area contributed by atoms with Gasteiger partial charge in [-0.05, 0) is 24.1 Å². The Kier molecular flexibility index (Phi) is 4.49. The first kappa shape index (κ1) is 17.7. The highest BCUT2D eigenvalue weighted by Crippen LogP contribution is 2.27. The van der Waals surface area contributed by atoms with Gasteiger partial charge in [0, 0.05) is 25.7 Å². The molecule has 1 saturated heterocycles. The van der Waals surface area contributed by atoms with Crippen molar-refractivity contribution in [3.63, 3.8) is 0 Å². The van der Waals surface area contributed by atoms with E-state index in [4.69, 9.17) is 4.74 Å². The largest absolute Gasteiger partial charge is 0.481 e. The number of methoxy groups -OCH3 is 1. The van der Waals surface area contributed by atoms with Crippen molar-refractivity contribution >= 4 is 26.6 Å². The summed E-state index contributed by atoms with van der Waals surface area (Å²) in [6.45, 7) is 4.29. The van der Waals surface area contributed by atoms with Crippen LogP contribution in [0, 0.1) is 5.92 Å². The van der Waals surface area contributed by atoms with Crippen molar-refractivity contribution in [2.24, 2.45) is 13.0 Å². The molecule has 1 aliphatic heterocycles. The predicted molar refractivity (Wildman–Crippen MR) is 95.6 cm³/mol.